The molecule has 0 bridgehead atoms. The van der Waals surface area contributed by atoms with Gasteiger partial charge in [0, 0.05) is 0 Å². The molecule has 0 spiro atoms. The minimum Gasteiger partial charge on any atom is -0.0915 e. The average molecular weight is 267 g/mol. The van der Waals surface area contributed by atoms with Gasteiger partial charge in [-0.05, 0) is 20.8 Å². The van der Waals surface area contributed by atoms with E-state index in [4.69, 9.17) is 0 Å². The van der Waals surface area contributed by atoms with Gasteiger partial charge in [0.2, 0.25) is 0 Å². The number of hydrogen-bond acceptors (Lipinski definition) is 0. The molecule has 0 aromatic heterocycles. The zero-order chi connectivity index (χ0) is 14.7. The Morgan fingerprint density at radius 1 is 0.833 bits per heavy atom. The van der Waals surface area contributed by atoms with Crippen LogP contribution in [0.15, 0.2) is 11.6 Å². The molecule has 18 heavy (non-hydrogen) atoms. The normalized spacial score (nSPS) is 10.4. The Morgan fingerprint density at radius 3 is 1.17 bits per heavy atom. The van der Waals surface area contributed by atoms with E-state index in [1.807, 2.05) is 19.9 Å². The van der Waals surface area contributed by atoms with Crippen LogP contribution >= 0.6 is 0 Å². The Balaban J connectivity index is 0. The minimum absolute atomic E-state index is 0.407. The molecule has 0 rings (SSSR count). The van der Waals surface area contributed by atoms with Crippen molar-refractivity contribution >= 4 is 14.1 Å². The van der Waals surface area contributed by atoms with Gasteiger partial charge in [-0.25, -0.2) is 0 Å². The van der Waals surface area contributed by atoms with Gasteiger partial charge in [-0.1, -0.05) is 86.8 Å². The summed E-state index contributed by atoms with van der Waals surface area (Å²) in [7, 11) is 0. The predicted molar refractivity (Wildman–Crippen MR) is 89.5 cm³/mol. The second-order valence-corrected chi connectivity index (χ2v) is 10.2. The number of rotatable bonds is 6. The van der Waals surface area contributed by atoms with Crippen molar-refractivity contribution in [3.63, 3.8) is 0 Å². The van der Waals surface area contributed by atoms with Crippen LogP contribution in [-0.4, -0.2) is 14.1 Å². The molecule has 0 saturated heterocycles. The van der Waals surface area contributed by atoms with E-state index in [1.165, 1.54) is 5.57 Å². The van der Waals surface area contributed by atoms with E-state index >= 15 is 0 Å². The number of allylic oxidation sites excluding steroid dienone is 2. The second kappa shape index (κ2) is 12.3. The Kier molecular flexibility index (Phi) is 14.1. The summed E-state index contributed by atoms with van der Waals surface area (Å²) in [6.45, 7) is 21.8. The van der Waals surface area contributed by atoms with E-state index < -0.39 is 14.1 Å². The van der Waals surface area contributed by atoms with Crippen LogP contribution in [-0.2, 0) is 0 Å². The molecule has 0 nitrogen and oxygen atoms in total. The van der Waals surface area contributed by atoms with Crippen molar-refractivity contribution in [3.05, 3.63) is 18.6 Å². The molecular weight excluding hydrogens is 231 g/mol. The topological polar surface area (TPSA) is 0 Å². The van der Waals surface area contributed by atoms with E-state index in [0.717, 1.165) is 17.8 Å². The summed E-state index contributed by atoms with van der Waals surface area (Å²) in [5.41, 5.74) is 1.27. The summed E-state index contributed by atoms with van der Waals surface area (Å²) in [5, 5.41) is 4.66. The van der Waals surface area contributed by atoms with Gasteiger partial charge in [-0.2, -0.15) is 0 Å². The lowest BCUT2D eigenvalue weighted by molar-refractivity contribution is 0.659. The van der Waals surface area contributed by atoms with Gasteiger partial charge in [-0.15, -0.1) is 0 Å². The fourth-order valence-corrected chi connectivity index (χ4v) is 6.87. The van der Waals surface area contributed by atoms with Gasteiger partial charge < -0.3 is 0 Å². The molecule has 0 aromatic rings. The third-order valence-corrected chi connectivity index (χ3v) is 7.65. The quantitative estimate of drug-likeness (QED) is 0.500. The highest BCUT2D eigenvalue weighted by atomic mass is 27.2. The molecule has 0 unspecified atom stereocenters. The van der Waals surface area contributed by atoms with E-state index in [2.05, 4.69) is 48.5 Å². The van der Waals surface area contributed by atoms with Crippen molar-refractivity contribution in [2.24, 2.45) is 17.8 Å². The van der Waals surface area contributed by atoms with Crippen LogP contribution in [0.3, 0.4) is 0 Å². The highest BCUT2D eigenvalue weighted by Gasteiger charge is 2.20. The van der Waals surface area contributed by atoms with Crippen LogP contribution in [0.5, 0.6) is 0 Å². The third-order valence-electron chi connectivity index (χ3n) is 2.82. The molecule has 0 heterocycles. The first-order valence-electron chi connectivity index (χ1n) is 7.61. The van der Waals surface area contributed by atoms with Crippen LogP contribution in [0.2, 0.25) is 15.8 Å². The van der Waals surface area contributed by atoms with Crippen molar-refractivity contribution < 1.29 is 0 Å². The standard InChI is InChI=1S/C5H9.3C4H9.Al/c1-4-5(2)3;3*1-4(2)3;/h4H,1H2,2-3H3;3*4H,1H2,2-3H3;. The van der Waals surface area contributed by atoms with Crippen LogP contribution in [0.25, 0.3) is 0 Å². The first-order valence-corrected chi connectivity index (χ1v) is 10.1. The molecular formula is C17H36Al. The Hall–Kier alpha value is 0.272. The van der Waals surface area contributed by atoms with Gasteiger partial charge >= 0.3 is 0 Å². The predicted octanol–water partition coefficient (Wildman–Crippen LogP) is 6.24. The van der Waals surface area contributed by atoms with E-state index in [1.54, 1.807) is 15.8 Å². The largest absolute Gasteiger partial charge is 0.262 e. The molecule has 1 radical (unpaired) electrons. The molecule has 0 aliphatic rings. The van der Waals surface area contributed by atoms with Crippen LogP contribution in [0, 0.1) is 24.7 Å². The van der Waals surface area contributed by atoms with Crippen molar-refractivity contribution in [2.75, 3.05) is 0 Å². The summed E-state index contributed by atoms with van der Waals surface area (Å²) in [5.74, 6) is 2.78. The molecule has 107 valence electrons. The van der Waals surface area contributed by atoms with Crippen molar-refractivity contribution in [2.45, 2.75) is 71.2 Å². The molecule has 0 N–H and O–H groups in total. The maximum absolute atomic E-state index is 3.52. The molecule has 0 aromatic carbocycles. The summed E-state index contributed by atoms with van der Waals surface area (Å²) in [6, 6.07) is 0. The maximum atomic E-state index is 3.52. The average Bonchev–Trinajstić information content (AvgIpc) is 2.14. The Bertz CT molecular complexity index is 174. The van der Waals surface area contributed by atoms with E-state index in [0.29, 0.717) is 0 Å². The van der Waals surface area contributed by atoms with Crippen molar-refractivity contribution in [1.29, 1.82) is 0 Å². The monoisotopic (exact) mass is 267 g/mol. The SMILES string of the molecule is CC(C)[CH2][Al]([CH2]C(C)C)[CH2]C(C)C.[CH2]C=C(C)C. The van der Waals surface area contributed by atoms with Gasteiger partial charge in [0.1, 0.15) is 0 Å². The van der Waals surface area contributed by atoms with Gasteiger partial charge in [0.25, 0.3) is 14.1 Å². The zero-order valence-corrected chi connectivity index (χ0v) is 15.4. The lowest BCUT2D eigenvalue weighted by Crippen LogP contribution is -2.19. The first-order chi connectivity index (χ1) is 8.18. The van der Waals surface area contributed by atoms with Gasteiger partial charge in [0.05, 0.1) is 0 Å². The minimum atomic E-state index is -0.407. The summed E-state index contributed by atoms with van der Waals surface area (Å²) in [6.07, 6.45) is 1.83. The smallest absolute Gasteiger partial charge is 0.0915 e. The van der Waals surface area contributed by atoms with Crippen molar-refractivity contribution in [3.8, 4) is 0 Å². The maximum Gasteiger partial charge on any atom is 0.262 e. The molecule has 1 heteroatoms. The number of hydrogen-bond donors (Lipinski definition) is 0. The highest BCUT2D eigenvalue weighted by molar-refractivity contribution is 6.58. The molecule has 0 saturated carbocycles. The van der Waals surface area contributed by atoms with E-state index in [9.17, 15) is 0 Å². The fraction of sp³-hybridized carbons (Fsp3) is 0.824. The summed E-state index contributed by atoms with van der Waals surface area (Å²) in [4.78, 5) is 0. The van der Waals surface area contributed by atoms with Crippen molar-refractivity contribution in [1.82, 2.24) is 0 Å². The molecule has 0 fully saturated rings. The highest BCUT2D eigenvalue weighted by Crippen LogP contribution is 2.20. The van der Waals surface area contributed by atoms with Crippen LogP contribution < -0.4 is 0 Å². The Labute approximate surface area is 122 Å². The Morgan fingerprint density at radius 2 is 1.06 bits per heavy atom. The summed E-state index contributed by atoms with van der Waals surface area (Å²) >= 11 is -0.407. The van der Waals surface area contributed by atoms with Gasteiger partial charge in [-0.3, -0.25) is 0 Å². The molecule has 0 aliphatic heterocycles. The lowest BCUT2D eigenvalue weighted by atomic mass is 10.2. The van der Waals surface area contributed by atoms with E-state index in [-0.39, 0.29) is 0 Å². The third kappa shape index (κ3) is 18.6. The molecule has 0 aliphatic carbocycles. The molecule has 0 atom stereocenters. The first kappa shape index (κ1) is 20.6. The summed E-state index contributed by atoms with van der Waals surface area (Å²) < 4.78 is 0. The van der Waals surface area contributed by atoms with Crippen LogP contribution in [0.1, 0.15) is 55.4 Å². The lowest BCUT2D eigenvalue weighted by Gasteiger charge is -2.17. The van der Waals surface area contributed by atoms with Crippen LogP contribution in [0.4, 0.5) is 0 Å². The fourth-order valence-electron chi connectivity index (χ4n) is 2.29. The second-order valence-electron chi connectivity index (χ2n) is 7.04. The molecule has 0 amide bonds. The zero-order valence-electron chi connectivity index (χ0n) is 14.2. The van der Waals surface area contributed by atoms with Gasteiger partial charge in [0.15, 0.2) is 0 Å².